The Morgan fingerprint density at radius 1 is 0.765 bits per heavy atom. The maximum absolute atomic E-state index is 13.9. The summed E-state index contributed by atoms with van der Waals surface area (Å²) in [5, 5.41) is 0. The van der Waals surface area contributed by atoms with Crippen LogP contribution in [0.2, 0.25) is 0 Å². The topological polar surface area (TPSA) is 52.6 Å². The largest absolute Gasteiger partial charge is 0.494 e. The van der Waals surface area contributed by atoms with E-state index in [0.29, 0.717) is 21.6 Å². The van der Waals surface area contributed by atoms with Gasteiger partial charge in [0, 0.05) is 5.41 Å². The van der Waals surface area contributed by atoms with Crippen LogP contribution >= 0.6 is 0 Å². The quantitative estimate of drug-likeness (QED) is 0.551. The van der Waals surface area contributed by atoms with Crippen LogP contribution in [0.4, 0.5) is 0 Å². The van der Waals surface area contributed by atoms with Gasteiger partial charge in [-0.3, -0.25) is 0 Å². The van der Waals surface area contributed by atoms with E-state index in [1.807, 2.05) is 30.3 Å². The molecule has 6 aliphatic rings. The molecule has 0 N–H and O–H groups in total. The van der Waals surface area contributed by atoms with E-state index in [0.717, 1.165) is 28.4 Å². The van der Waals surface area contributed by atoms with Crippen LogP contribution in [0, 0.1) is 23.7 Å². The molecule has 8 rings (SSSR count). The summed E-state index contributed by atoms with van der Waals surface area (Å²) in [6.07, 6.45) is 6.20. The molecular weight excluding hydrogens is 443 g/mol. The van der Waals surface area contributed by atoms with Crippen molar-refractivity contribution >= 4 is 22.4 Å². The van der Waals surface area contributed by atoms with Crippen molar-refractivity contribution in [2.24, 2.45) is 23.7 Å². The van der Waals surface area contributed by atoms with Gasteiger partial charge in [-0.2, -0.15) is 0 Å². The van der Waals surface area contributed by atoms with Crippen LogP contribution < -0.4 is 5.46 Å². The second kappa shape index (κ2) is 6.57. The van der Waals surface area contributed by atoms with Gasteiger partial charge in [0.05, 0.1) is 21.0 Å². The van der Waals surface area contributed by atoms with Crippen LogP contribution in [-0.2, 0) is 24.6 Å². The van der Waals surface area contributed by atoms with Crippen molar-refractivity contribution in [3.05, 3.63) is 53.6 Å². The smallest absolute Gasteiger partial charge is 0.399 e. The summed E-state index contributed by atoms with van der Waals surface area (Å²) in [5.41, 5.74) is 1.87. The molecule has 1 spiro atoms. The van der Waals surface area contributed by atoms with Crippen molar-refractivity contribution in [3.63, 3.8) is 0 Å². The first-order valence-corrected chi connectivity index (χ1v) is 14.4. The highest BCUT2D eigenvalue weighted by molar-refractivity contribution is 7.91. The summed E-state index contributed by atoms with van der Waals surface area (Å²) in [6, 6.07) is 13.8. The first-order chi connectivity index (χ1) is 16.0. The molecule has 1 saturated heterocycles. The molecule has 0 aromatic heterocycles. The van der Waals surface area contributed by atoms with Gasteiger partial charge in [0.25, 0.3) is 0 Å². The van der Waals surface area contributed by atoms with Gasteiger partial charge in [-0.15, -0.1) is 0 Å². The molecule has 4 nitrogen and oxygen atoms in total. The Labute approximate surface area is 203 Å². The van der Waals surface area contributed by atoms with Crippen LogP contribution in [0.5, 0.6) is 0 Å². The molecule has 4 aliphatic carbocycles. The second-order valence-electron chi connectivity index (χ2n) is 12.5. The van der Waals surface area contributed by atoms with Gasteiger partial charge in [0.15, 0.2) is 0 Å². The highest BCUT2D eigenvalue weighted by Crippen LogP contribution is 2.67. The van der Waals surface area contributed by atoms with Crippen molar-refractivity contribution in [1.29, 1.82) is 0 Å². The number of sulfone groups is 1. The first kappa shape index (κ1) is 21.6. The Morgan fingerprint density at radius 3 is 1.94 bits per heavy atom. The first-order valence-electron chi connectivity index (χ1n) is 12.9. The molecule has 178 valence electrons. The lowest BCUT2D eigenvalue weighted by atomic mass is 9.42. The molecule has 0 radical (unpaired) electrons. The Bertz CT molecular complexity index is 1270. The average molecular weight is 476 g/mol. The van der Waals surface area contributed by atoms with Crippen molar-refractivity contribution < 1.29 is 17.7 Å². The summed E-state index contributed by atoms with van der Waals surface area (Å²) < 4.78 is 40.6. The standard InChI is InChI=1S/C28H33BO4S/c1-26(2)27(3,4)33-29(32-26)21-9-10-25-23(16-21)28(22-7-5-6-8-24(22)34(25,30)31)19-12-17-11-18(14-19)15-20(28)13-17/h5-10,16-20H,11-15H2,1-4H3. The fourth-order valence-electron chi connectivity index (χ4n) is 8.34. The minimum Gasteiger partial charge on any atom is -0.399 e. The summed E-state index contributed by atoms with van der Waals surface area (Å²) >= 11 is 0. The molecule has 34 heavy (non-hydrogen) atoms. The molecular formula is C28H33BO4S. The SMILES string of the molecule is CC1(C)OB(c2ccc3c(c2)C2(c4ccccc4S3(=O)=O)C3CC4CC(C3)CC2C4)OC1(C)C. The second-order valence-corrected chi connectivity index (χ2v) is 14.4. The third-order valence-electron chi connectivity index (χ3n) is 10.3. The third-order valence-corrected chi connectivity index (χ3v) is 12.2. The van der Waals surface area contributed by atoms with Crippen molar-refractivity contribution in [2.75, 3.05) is 0 Å². The lowest BCUT2D eigenvalue weighted by molar-refractivity contribution is -0.0446. The Kier molecular flexibility index (Phi) is 4.18. The summed E-state index contributed by atoms with van der Waals surface area (Å²) in [5.74, 6) is 2.59. The summed E-state index contributed by atoms with van der Waals surface area (Å²) in [4.78, 5) is 1.03. The zero-order chi connectivity index (χ0) is 23.7. The van der Waals surface area contributed by atoms with Gasteiger partial charge < -0.3 is 9.31 Å². The summed E-state index contributed by atoms with van der Waals surface area (Å²) in [6.45, 7) is 8.24. The van der Waals surface area contributed by atoms with Gasteiger partial charge in [-0.25, -0.2) is 8.42 Å². The monoisotopic (exact) mass is 476 g/mol. The fourth-order valence-corrected chi connectivity index (χ4v) is 10.1. The van der Waals surface area contributed by atoms with E-state index in [4.69, 9.17) is 9.31 Å². The molecule has 2 aromatic rings. The van der Waals surface area contributed by atoms with E-state index < -0.39 is 28.2 Å². The van der Waals surface area contributed by atoms with E-state index in [9.17, 15) is 8.42 Å². The lowest BCUT2D eigenvalue weighted by Crippen LogP contribution is -2.58. The number of benzene rings is 2. The van der Waals surface area contributed by atoms with Gasteiger partial charge in [-0.1, -0.05) is 30.3 Å². The fraction of sp³-hybridized carbons (Fsp3) is 0.571. The average Bonchev–Trinajstić information content (AvgIpc) is 3.00. The van der Waals surface area contributed by atoms with Crippen LogP contribution in [0.25, 0.3) is 0 Å². The Hall–Kier alpha value is -1.63. The molecule has 2 aromatic carbocycles. The van der Waals surface area contributed by atoms with Crippen molar-refractivity contribution in [2.45, 2.75) is 86.2 Å². The molecule has 0 unspecified atom stereocenters. The van der Waals surface area contributed by atoms with Crippen molar-refractivity contribution in [3.8, 4) is 0 Å². The molecule has 5 fully saturated rings. The highest BCUT2D eigenvalue weighted by atomic mass is 32.2. The highest BCUT2D eigenvalue weighted by Gasteiger charge is 2.62. The molecule has 6 heteroatoms. The molecule has 4 bridgehead atoms. The number of rotatable bonds is 1. The third kappa shape index (κ3) is 2.55. The van der Waals surface area contributed by atoms with Gasteiger partial charge in [0.2, 0.25) is 9.84 Å². The minimum absolute atomic E-state index is 0.232. The van der Waals surface area contributed by atoms with Crippen molar-refractivity contribution in [1.82, 2.24) is 0 Å². The van der Waals surface area contributed by atoms with Crippen LogP contribution in [0.1, 0.15) is 70.9 Å². The Morgan fingerprint density at radius 2 is 1.32 bits per heavy atom. The van der Waals surface area contributed by atoms with E-state index in [1.165, 1.54) is 32.1 Å². The van der Waals surface area contributed by atoms with Gasteiger partial charge in [-0.05, 0) is 112 Å². The van der Waals surface area contributed by atoms with E-state index in [2.05, 4.69) is 39.8 Å². The molecule has 2 heterocycles. The molecule has 0 amide bonds. The zero-order valence-corrected chi connectivity index (χ0v) is 21.3. The molecule has 4 saturated carbocycles. The van der Waals surface area contributed by atoms with Crippen LogP contribution in [0.3, 0.4) is 0 Å². The summed E-state index contributed by atoms with van der Waals surface area (Å²) in [7, 11) is -4.07. The van der Waals surface area contributed by atoms with Crippen LogP contribution in [-0.4, -0.2) is 26.7 Å². The predicted molar refractivity (Wildman–Crippen MR) is 132 cm³/mol. The Balaban J connectivity index is 1.47. The van der Waals surface area contributed by atoms with Gasteiger partial charge in [0.1, 0.15) is 0 Å². The molecule has 0 atom stereocenters. The minimum atomic E-state index is -3.58. The maximum Gasteiger partial charge on any atom is 0.494 e. The number of hydrogen-bond donors (Lipinski definition) is 0. The van der Waals surface area contributed by atoms with E-state index in [-0.39, 0.29) is 5.41 Å². The maximum atomic E-state index is 13.9. The van der Waals surface area contributed by atoms with E-state index in [1.54, 1.807) is 0 Å². The zero-order valence-electron chi connectivity index (χ0n) is 20.5. The lowest BCUT2D eigenvalue weighted by Gasteiger charge is -2.63. The predicted octanol–water partition coefficient (Wildman–Crippen LogP) is 4.87. The normalized spacial score (nSPS) is 37.6. The number of fused-ring (bicyclic) bond motifs is 2. The number of hydrogen-bond acceptors (Lipinski definition) is 4. The molecule has 2 aliphatic heterocycles. The van der Waals surface area contributed by atoms with Crippen LogP contribution in [0.15, 0.2) is 52.3 Å². The van der Waals surface area contributed by atoms with E-state index >= 15 is 0 Å². The van der Waals surface area contributed by atoms with Gasteiger partial charge >= 0.3 is 7.12 Å².